The first kappa shape index (κ1) is 15.7. The summed E-state index contributed by atoms with van der Waals surface area (Å²) in [6.07, 6.45) is 2.63. The van der Waals surface area contributed by atoms with E-state index in [1.807, 2.05) is 31.2 Å². The second kappa shape index (κ2) is 6.49. The maximum Gasteiger partial charge on any atom is 0.306 e. The van der Waals surface area contributed by atoms with Gasteiger partial charge in [-0.05, 0) is 19.1 Å². The largest absolute Gasteiger partial charge is 0.346 e. The molecule has 0 fully saturated rings. The molecule has 3 aromatic rings. The number of carbonyl (C=O) groups is 1. The summed E-state index contributed by atoms with van der Waals surface area (Å²) < 4.78 is 1.38. The number of aromatic nitrogens is 4. The molecule has 1 aromatic carbocycles. The molecule has 9 nitrogen and oxygen atoms in total. The molecule has 0 unspecified atom stereocenters. The number of aromatic amines is 1. The van der Waals surface area contributed by atoms with Crippen molar-refractivity contribution >= 4 is 22.6 Å². The van der Waals surface area contributed by atoms with Crippen molar-refractivity contribution < 1.29 is 9.72 Å². The lowest BCUT2D eigenvalue weighted by molar-refractivity contribution is -0.385. The molecule has 0 bridgehead atoms. The van der Waals surface area contributed by atoms with Gasteiger partial charge >= 0.3 is 5.69 Å². The van der Waals surface area contributed by atoms with Gasteiger partial charge in [-0.3, -0.25) is 19.6 Å². The third kappa shape index (κ3) is 3.40. The van der Waals surface area contributed by atoms with Gasteiger partial charge in [-0.15, -0.1) is 0 Å². The number of aryl methyl sites for hydroxylation is 1. The van der Waals surface area contributed by atoms with Crippen LogP contribution in [0.5, 0.6) is 0 Å². The Labute approximate surface area is 136 Å². The number of hydrogen-bond donors (Lipinski definition) is 2. The van der Waals surface area contributed by atoms with Crippen LogP contribution in [0.3, 0.4) is 0 Å². The minimum absolute atomic E-state index is 0.0916. The number of rotatable bonds is 6. The maximum absolute atomic E-state index is 12.0. The van der Waals surface area contributed by atoms with Gasteiger partial charge in [0, 0.05) is 13.0 Å². The van der Waals surface area contributed by atoms with Gasteiger partial charge in [0.05, 0.1) is 22.0 Å². The van der Waals surface area contributed by atoms with Gasteiger partial charge in [-0.25, -0.2) is 4.98 Å². The van der Waals surface area contributed by atoms with Crippen molar-refractivity contribution in [3.63, 3.8) is 0 Å². The molecule has 0 spiro atoms. The van der Waals surface area contributed by atoms with Crippen LogP contribution < -0.4 is 5.32 Å². The summed E-state index contributed by atoms with van der Waals surface area (Å²) in [6.45, 7) is 2.11. The molecule has 2 N–H and O–H groups in total. The van der Waals surface area contributed by atoms with Crippen LogP contribution in [0.4, 0.5) is 5.69 Å². The molecule has 0 aliphatic rings. The Kier molecular flexibility index (Phi) is 4.23. The van der Waals surface area contributed by atoms with E-state index in [0.29, 0.717) is 5.82 Å². The highest BCUT2D eigenvalue weighted by Crippen LogP contribution is 2.15. The van der Waals surface area contributed by atoms with Crippen LogP contribution in [-0.4, -0.2) is 30.6 Å². The summed E-state index contributed by atoms with van der Waals surface area (Å²) in [6, 6.07) is 7.37. The summed E-state index contributed by atoms with van der Waals surface area (Å²) in [5.74, 6) is 0.500. The molecule has 0 saturated heterocycles. The van der Waals surface area contributed by atoms with E-state index in [1.165, 1.54) is 10.9 Å². The van der Waals surface area contributed by atoms with Crippen molar-refractivity contribution in [3.8, 4) is 0 Å². The number of para-hydroxylation sites is 2. The van der Waals surface area contributed by atoms with Crippen LogP contribution >= 0.6 is 0 Å². The predicted octanol–water partition coefficient (Wildman–Crippen LogP) is 1.94. The van der Waals surface area contributed by atoms with Crippen LogP contribution in [-0.2, 0) is 11.3 Å². The Morgan fingerprint density at radius 2 is 2.25 bits per heavy atom. The van der Waals surface area contributed by atoms with E-state index in [-0.39, 0.29) is 30.6 Å². The van der Waals surface area contributed by atoms with Crippen LogP contribution in [0.15, 0.2) is 36.7 Å². The number of nitrogens with one attached hydrogen (secondary N) is 2. The second-order valence-electron chi connectivity index (χ2n) is 5.40. The SMILES string of the molecule is C[C@H](NC(=O)CCn1cc([N+](=O)[O-])cn1)c1nc2ccccc2[nH]1. The monoisotopic (exact) mass is 328 g/mol. The van der Waals surface area contributed by atoms with Crippen molar-refractivity contribution in [1.82, 2.24) is 25.1 Å². The highest BCUT2D eigenvalue weighted by molar-refractivity contribution is 5.77. The molecule has 0 aliphatic heterocycles. The fourth-order valence-electron chi connectivity index (χ4n) is 2.34. The van der Waals surface area contributed by atoms with Crippen LogP contribution in [0.1, 0.15) is 25.2 Å². The van der Waals surface area contributed by atoms with Gasteiger partial charge in [0.2, 0.25) is 5.91 Å². The molecule has 2 heterocycles. The molecule has 9 heteroatoms. The molecule has 2 aromatic heterocycles. The first-order valence-corrected chi connectivity index (χ1v) is 7.44. The summed E-state index contributed by atoms with van der Waals surface area (Å²) in [5, 5.41) is 17.3. The van der Waals surface area contributed by atoms with Crippen molar-refractivity contribution in [2.75, 3.05) is 0 Å². The van der Waals surface area contributed by atoms with E-state index < -0.39 is 4.92 Å². The number of H-pyrrole nitrogens is 1. The average molecular weight is 328 g/mol. The van der Waals surface area contributed by atoms with E-state index in [2.05, 4.69) is 20.4 Å². The third-order valence-corrected chi connectivity index (χ3v) is 3.59. The highest BCUT2D eigenvalue weighted by Gasteiger charge is 2.14. The maximum atomic E-state index is 12.0. The smallest absolute Gasteiger partial charge is 0.306 e. The molecule has 1 amide bonds. The van der Waals surface area contributed by atoms with Crippen molar-refractivity contribution in [2.45, 2.75) is 25.9 Å². The zero-order valence-corrected chi connectivity index (χ0v) is 13.0. The van der Waals surface area contributed by atoms with E-state index in [9.17, 15) is 14.9 Å². The Bertz CT molecular complexity index is 851. The zero-order valence-electron chi connectivity index (χ0n) is 13.0. The molecular formula is C15H16N6O3. The van der Waals surface area contributed by atoms with Crippen molar-refractivity contribution in [2.24, 2.45) is 0 Å². The molecule has 3 rings (SSSR count). The molecule has 0 aliphatic carbocycles. The van der Waals surface area contributed by atoms with Gasteiger partial charge in [-0.1, -0.05) is 12.1 Å². The summed E-state index contributed by atoms with van der Waals surface area (Å²) in [7, 11) is 0. The zero-order chi connectivity index (χ0) is 17.1. The van der Waals surface area contributed by atoms with Crippen molar-refractivity contribution in [3.05, 3.63) is 52.6 Å². The number of fused-ring (bicyclic) bond motifs is 1. The lowest BCUT2D eigenvalue weighted by Crippen LogP contribution is -2.28. The molecule has 0 saturated carbocycles. The molecule has 124 valence electrons. The fraction of sp³-hybridized carbons (Fsp3) is 0.267. The standard InChI is InChI=1S/C15H16N6O3/c1-10(15-18-12-4-2-3-5-13(12)19-15)17-14(22)6-7-20-9-11(8-16-20)21(23)24/h2-5,8-10H,6-7H2,1H3,(H,17,22)(H,18,19)/t10-/m0/s1. The van der Waals surface area contributed by atoms with Crippen LogP contribution in [0.2, 0.25) is 0 Å². The van der Waals surface area contributed by atoms with E-state index in [1.54, 1.807) is 0 Å². The minimum atomic E-state index is -0.521. The second-order valence-corrected chi connectivity index (χ2v) is 5.40. The first-order chi connectivity index (χ1) is 11.5. The Morgan fingerprint density at radius 3 is 2.96 bits per heavy atom. The van der Waals surface area contributed by atoms with Gasteiger partial charge in [0.15, 0.2) is 0 Å². The van der Waals surface area contributed by atoms with Gasteiger partial charge in [0.1, 0.15) is 18.2 Å². The first-order valence-electron chi connectivity index (χ1n) is 7.44. The molecular weight excluding hydrogens is 312 g/mol. The molecule has 0 radical (unpaired) electrons. The number of amides is 1. The van der Waals surface area contributed by atoms with Gasteiger partial charge in [0.25, 0.3) is 0 Å². The van der Waals surface area contributed by atoms with Gasteiger partial charge < -0.3 is 10.3 Å². The summed E-state index contributed by atoms with van der Waals surface area (Å²) in [4.78, 5) is 29.7. The number of hydrogen-bond acceptors (Lipinski definition) is 5. The number of benzene rings is 1. The third-order valence-electron chi connectivity index (χ3n) is 3.59. The lowest BCUT2D eigenvalue weighted by Gasteiger charge is -2.11. The molecule has 24 heavy (non-hydrogen) atoms. The molecule has 1 atom stereocenters. The highest BCUT2D eigenvalue weighted by atomic mass is 16.6. The van der Waals surface area contributed by atoms with Crippen molar-refractivity contribution in [1.29, 1.82) is 0 Å². The van der Waals surface area contributed by atoms with E-state index in [0.717, 1.165) is 17.2 Å². The fourth-order valence-corrected chi connectivity index (χ4v) is 2.34. The van der Waals surface area contributed by atoms with Crippen LogP contribution in [0, 0.1) is 10.1 Å². The predicted molar refractivity (Wildman–Crippen MR) is 86.1 cm³/mol. The number of carbonyl (C=O) groups excluding carboxylic acids is 1. The van der Waals surface area contributed by atoms with E-state index in [4.69, 9.17) is 0 Å². The van der Waals surface area contributed by atoms with Crippen LogP contribution in [0.25, 0.3) is 11.0 Å². The van der Waals surface area contributed by atoms with Gasteiger partial charge in [-0.2, -0.15) is 5.10 Å². The number of nitro groups is 1. The minimum Gasteiger partial charge on any atom is -0.346 e. The Balaban J connectivity index is 1.56. The summed E-state index contributed by atoms with van der Waals surface area (Å²) in [5.41, 5.74) is 1.67. The average Bonchev–Trinajstić information content (AvgIpc) is 3.19. The van der Waals surface area contributed by atoms with E-state index >= 15 is 0 Å². The quantitative estimate of drug-likeness (QED) is 0.529. The lowest BCUT2D eigenvalue weighted by atomic mass is 10.3. The number of nitrogens with zero attached hydrogens (tertiary/aromatic N) is 4. The number of imidazole rings is 1. The topological polar surface area (TPSA) is 119 Å². The normalized spacial score (nSPS) is 12.2. The Morgan fingerprint density at radius 1 is 1.46 bits per heavy atom. The summed E-state index contributed by atoms with van der Waals surface area (Å²) >= 11 is 0. The Hall–Kier alpha value is -3.23.